The lowest BCUT2D eigenvalue weighted by Gasteiger charge is -2.37. The molecule has 1 unspecified atom stereocenters. The minimum Gasteiger partial charge on any atom is -0.490 e. The fourth-order valence-electron chi connectivity index (χ4n) is 5.86. The number of benzene rings is 2. The second-order valence-electron chi connectivity index (χ2n) is 11.6. The Kier molecular flexibility index (Phi) is 8.18. The zero-order chi connectivity index (χ0) is 24.1. The van der Waals surface area contributed by atoms with Crippen LogP contribution < -0.4 is 4.74 Å². The Bertz CT molecular complexity index is 955. The summed E-state index contributed by atoms with van der Waals surface area (Å²) in [5.41, 5.74) is 1.74. The molecule has 4 heteroatoms. The second-order valence-corrected chi connectivity index (χ2v) is 11.6. The molecule has 0 radical (unpaired) electrons. The van der Waals surface area contributed by atoms with Crippen LogP contribution in [0.2, 0.25) is 0 Å². The number of esters is 1. The lowest BCUT2D eigenvalue weighted by atomic mass is 9.72. The first kappa shape index (κ1) is 25.0. The number of rotatable bonds is 7. The highest BCUT2D eigenvalue weighted by atomic mass is 16.5. The van der Waals surface area contributed by atoms with Crippen LogP contribution in [0.5, 0.6) is 5.75 Å². The standard InChI is InChI=1S/C30H43NO3/c1-5-33-29(32)18-22-7-6-16-31(20-22)21-23-8-9-25-19-28(13-10-24(25)17-23)34-27-14-11-26(12-15-27)30(2,3)4/h8-10,13,17,19,22,26-27H,5-7,11-12,14-16,18,20-21H2,1-4H3. The molecule has 1 heterocycles. The van der Waals surface area contributed by atoms with Gasteiger partial charge in [0, 0.05) is 19.5 Å². The topological polar surface area (TPSA) is 38.8 Å². The average Bonchev–Trinajstić information content (AvgIpc) is 2.79. The molecule has 0 aromatic heterocycles. The van der Waals surface area contributed by atoms with Gasteiger partial charge in [-0.05, 0) is 104 Å². The summed E-state index contributed by atoms with van der Waals surface area (Å²) in [4.78, 5) is 14.4. The summed E-state index contributed by atoms with van der Waals surface area (Å²) in [5.74, 6) is 2.16. The quantitative estimate of drug-likeness (QED) is 0.413. The van der Waals surface area contributed by atoms with E-state index in [0.29, 0.717) is 30.5 Å². The molecule has 1 saturated heterocycles. The Morgan fingerprint density at radius 1 is 1.00 bits per heavy atom. The normalized spacial score (nSPS) is 24.2. The van der Waals surface area contributed by atoms with Gasteiger partial charge in [0.2, 0.25) is 0 Å². The van der Waals surface area contributed by atoms with Gasteiger partial charge in [-0.1, -0.05) is 39.0 Å². The number of carbonyl (C=O) groups excluding carboxylic acids is 1. The Morgan fingerprint density at radius 2 is 1.74 bits per heavy atom. The van der Waals surface area contributed by atoms with Gasteiger partial charge in [0.1, 0.15) is 5.75 Å². The van der Waals surface area contributed by atoms with Gasteiger partial charge in [-0.2, -0.15) is 0 Å². The largest absolute Gasteiger partial charge is 0.490 e. The smallest absolute Gasteiger partial charge is 0.306 e. The van der Waals surface area contributed by atoms with Crippen molar-refractivity contribution in [1.82, 2.24) is 4.90 Å². The summed E-state index contributed by atoms with van der Waals surface area (Å²) in [6.45, 7) is 12.4. The van der Waals surface area contributed by atoms with Gasteiger partial charge < -0.3 is 9.47 Å². The molecule has 0 bridgehead atoms. The lowest BCUT2D eigenvalue weighted by molar-refractivity contribution is -0.144. The first-order valence-corrected chi connectivity index (χ1v) is 13.4. The molecule has 1 aliphatic heterocycles. The van der Waals surface area contributed by atoms with E-state index in [0.717, 1.165) is 57.0 Å². The fraction of sp³-hybridized carbons (Fsp3) is 0.633. The van der Waals surface area contributed by atoms with E-state index in [2.05, 4.69) is 62.1 Å². The highest BCUT2D eigenvalue weighted by Crippen LogP contribution is 2.39. The number of nitrogens with zero attached hydrogens (tertiary/aromatic N) is 1. The molecule has 4 rings (SSSR count). The SMILES string of the molecule is CCOC(=O)CC1CCCN(Cc2ccc3cc(OC4CCC(C(C)(C)C)CC4)ccc3c2)C1. The second kappa shape index (κ2) is 11.1. The zero-order valence-corrected chi connectivity index (χ0v) is 21.6. The van der Waals surface area contributed by atoms with Crippen molar-refractivity contribution in [1.29, 1.82) is 0 Å². The van der Waals surface area contributed by atoms with Crippen LogP contribution in [-0.4, -0.2) is 36.7 Å². The number of hydrogen-bond acceptors (Lipinski definition) is 4. The molecule has 0 spiro atoms. The summed E-state index contributed by atoms with van der Waals surface area (Å²) in [6.07, 6.45) is 8.01. The summed E-state index contributed by atoms with van der Waals surface area (Å²) in [5, 5.41) is 2.50. The summed E-state index contributed by atoms with van der Waals surface area (Å²) < 4.78 is 11.5. The molecule has 0 amide bonds. The van der Waals surface area contributed by atoms with Crippen LogP contribution in [0.3, 0.4) is 0 Å². The van der Waals surface area contributed by atoms with E-state index in [1.54, 1.807) is 0 Å². The van der Waals surface area contributed by atoms with Gasteiger partial charge in [-0.15, -0.1) is 0 Å². The fourth-order valence-corrected chi connectivity index (χ4v) is 5.86. The third-order valence-electron chi connectivity index (χ3n) is 7.85. The van der Waals surface area contributed by atoms with Crippen LogP contribution in [0.15, 0.2) is 36.4 Å². The molecule has 2 aromatic rings. The molecule has 0 N–H and O–H groups in total. The predicted molar refractivity (Wildman–Crippen MR) is 139 cm³/mol. The van der Waals surface area contributed by atoms with Crippen LogP contribution in [-0.2, 0) is 16.1 Å². The van der Waals surface area contributed by atoms with Crippen molar-refractivity contribution in [3.8, 4) is 5.75 Å². The molecule has 2 aliphatic rings. The van der Waals surface area contributed by atoms with Crippen molar-refractivity contribution in [2.45, 2.75) is 85.3 Å². The number of hydrogen-bond donors (Lipinski definition) is 0. The van der Waals surface area contributed by atoms with Gasteiger partial charge in [0.05, 0.1) is 12.7 Å². The van der Waals surface area contributed by atoms with Crippen molar-refractivity contribution in [2.24, 2.45) is 17.3 Å². The van der Waals surface area contributed by atoms with Crippen molar-refractivity contribution in [3.05, 3.63) is 42.0 Å². The third kappa shape index (κ3) is 6.75. The lowest BCUT2D eigenvalue weighted by Crippen LogP contribution is -2.36. The van der Waals surface area contributed by atoms with E-state index < -0.39 is 0 Å². The summed E-state index contributed by atoms with van der Waals surface area (Å²) in [6, 6.07) is 13.3. The number of likely N-dealkylation sites (tertiary alicyclic amines) is 1. The van der Waals surface area contributed by atoms with Crippen molar-refractivity contribution >= 4 is 16.7 Å². The summed E-state index contributed by atoms with van der Waals surface area (Å²) in [7, 11) is 0. The van der Waals surface area contributed by atoms with Crippen LogP contribution >= 0.6 is 0 Å². The van der Waals surface area contributed by atoms with E-state index >= 15 is 0 Å². The zero-order valence-electron chi connectivity index (χ0n) is 21.6. The van der Waals surface area contributed by atoms with Crippen LogP contribution in [0.1, 0.15) is 78.2 Å². The highest BCUT2D eigenvalue weighted by Gasteiger charge is 2.30. The van der Waals surface area contributed by atoms with Gasteiger partial charge in [-0.3, -0.25) is 9.69 Å². The van der Waals surface area contributed by atoms with Gasteiger partial charge >= 0.3 is 5.97 Å². The molecule has 4 nitrogen and oxygen atoms in total. The number of carbonyl (C=O) groups is 1. The molecular weight excluding hydrogens is 422 g/mol. The Labute approximate surface area is 206 Å². The molecule has 1 saturated carbocycles. The maximum absolute atomic E-state index is 11.9. The van der Waals surface area contributed by atoms with Crippen LogP contribution in [0, 0.1) is 17.3 Å². The highest BCUT2D eigenvalue weighted by molar-refractivity contribution is 5.84. The first-order chi connectivity index (χ1) is 16.3. The van der Waals surface area contributed by atoms with E-state index in [1.807, 2.05) is 6.92 Å². The van der Waals surface area contributed by atoms with E-state index in [9.17, 15) is 4.79 Å². The molecule has 34 heavy (non-hydrogen) atoms. The number of fused-ring (bicyclic) bond motifs is 1. The van der Waals surface area contributed by atoms with Crippen molar-refractivity contribution < 1.29 is 14.3 Å². The summed E-state index contributed by atoms with van der Waals surface area (Å²) >= 11 is 0. The van der Waals surface area contributed by atoms with E-state index in [1.165, 1.54) is 29.2 Å². The molecular formula is C30H43NO3. The average molecular weight is 466 g/mol. The predicted octanol–water partition coefficient (Wildman–Crippen LogP) is 6.99. The molecule has 2 aromatic carbocycles. The van der Waals surface area contributed by atoms with Crippen molar-refractivity contribution in [3.63, 3.8) is 0 Å². The minimum atomic E-state index is -0.0553. The monoisotopic (exact) mass is 465 g/mol. The molecule has 1 atom stereocenters. The Balaban J connectivity index is 1.32. The van der Waals surface area contributed by atoms with E-state index in [-0.39, 0.29) is 5.97 Å². The molecule has 2 fully saturated rings. The Hall–Kier alpha value is -2.07. The van der Waals surface area contributed by atoms with Crippen LogP contribution in [0.4, 0.5) is 0 Å². The van der Waals surface area contributed by atoms with Gasteiger partial charge in [-0.25, -0.2) is 0 Å². The Morgan fingerprint density at radius 3 is 2.47 bits per heavy atom. The maximum Gasteiger partial charge on any atom is 0.306 e. The van der Waals surface area contributed by atoms with Crippen molar-refractivity contribution in [2.75, 3.05) is 19.7 Å². The van der Waals surface area contributed by atoms with E-state index in [4.69, 9.17) is 9.47 Å². The number of piperidine rings is 1. The van der Waals surface area contributed by atoms with Crippen LogP contribution in [0.25, 0.3) is 10.8 Å². The molecule has 1 aliphatic carbocycles. The van der Waals surface area contributed by atoms with Gasteiger partial charge in [0.25, 0.3) is 0 Å². The minimum absolute atomic E-state index is 0.0553. The molecule has 186 valence electrons. The van der Waals surface area contributed by atoms with Gasteiger partial charge in [0.15, 0.2) is 0 Å². The number of ether oxygens (including phenoxy) is 2. The first-order valence-electron chi connectivity index (χ1n) is 13.4. The third-order valence-corrected chi connectivity index (χ3v) is 7.85. The maximum atomic E-state index is 11.9.